The third kappa shape index (κ3) is 2.69. The highest BCUT2D eigenvalue weighted by atomic mass is 16.5. The van der Waals surface area contributed by atoms with Gasteiger partial charge in [0, 0.05) is 25.8 Å². The standard InChI is InChI=1S/C11H21NO2/c13-11(8-12-10-2-1-3-10)9-4-6-14-7-5-9/h9-13H,1-8H2. The zero-order valence-corrected chi connectivity index (χ0v) is 8.74. The molecule has 2 fully saturated rings. The molecule has 1 atom stereocenters. The summed E-state index contributed by atoms with van der Waals surface area (Å²) < 4.78 is 5.28. The molecule has 1 saturated heterocycles. The van der Waals surface area contributed by atoms with Crippen molar-refractivity contribution >= 4 is 0 Å². The van der Waals surface area contributed by atoms with E-state index in [1.54, 1.807) is 0 Å². The molecule has 1 aliphatic carbocycles. The van der Waals surface area contributed by atoms with E-state index in [9.17, 15) is 5.11 Å². The van der Waals surface area contributed by atoms with Crippen LogP contribution in [0.2, 0.25) is 0 Å². The lowest BCUT2D eigenvalue weighted by molar-refractivity contribution is 0.00669. The van der Waals surface area contributed by atoms with Crippen LogP contribution in [0, 0.1) is 5.92 Å². The van der Waals surface area contributed by atoms with Gasteiger partial charge in [-0.3, -0.25) is 0 Å². The van der Waals surface area contributed by atoms with E-state index in [1.165, 1.54) is 19.3 Å². The second-order valence-corrected chi connectivity index (χ2v) is 4.55. The van der Waals surface area contributed by atoms with Crippen molar-refractivity contribution in [2.75, 3.05) is 19.8 Å². The van der Waals surface area contributed by atoms with Crippen LogP contribution in [0.3, 0.4) is 0 Å². The Kier molecular flexibility index (Phi) is 3.79. The Morgan fingerprint density at radius 3 is 2.50 bits per heavy atom. The van der Waals surface area contributed by atoms with Crippen LogP contribution in [0.5, 0.6) is 0 Å². The molecule has 0 aromatic heterocycles. The zero-order chi connectivity index (χ0) is 9.80. The van der Waals surface area contributed by atoms with E-state index in [0.717, 1.165) is 32.6 Å². The maximum atomic E-state index is 9.92. The van der Waals surface area contributed by atoms with Crippen LogP contribution in [-0.2, 0) is 4.74 Å². The lowest BCUT2D eigenvalue weighted by Crippen LogP contribution is -2.43. The average molecular weight is 199 g/mol. The Hall–Kier alpha value is -0.120. The minimum Gasteiger partial charge on any atom is -0.392 e. The van der Waals surface area contributed by atoms with Gasteiger partial charge in [-0.2, -0.15) is 0 Å². The SMILES string of the molecule is OC(CNC1CCC1)C1CCOCC1. The Bertz CT molecular complexity index is 165. The largest absolute Gasteiger partial charge is 0.392 e. The summed E-state index contributed by atoms with van der Waals surface area (Å²) in [5.41, 5.74) is 0. The molecule has 0 bridgehead atoms. The van der Waals surface area contributed by atoms with Gasteiger partial charge in [0.15, 0.2) is 0 Å². The predicted molar refractivity (Wildman–Crippen MR) is 55.2 cm³/mol. The molecule has 0 radical (unpaired) electrons. The third-order valence-electron chi connectivity index (χ3n) is 3.53. The Morgan fingerprint density at radius 1 is 1.21 bits per heavy atom. The average Bonchev–Trinajstić information content (AvgIpc) is 2.16. The molecule has 2 N–H and O–H groups in total. The van der Waals surface area contributed by atoms with Crippen molar-refractivity contribution in [3.05, 3.63) is 0 Å². The molecule has 82 valence electrons. The number of aliphatic hydroxyl groups is 1. The minimum absolute atomic E-state index is 0.167. The maximum Gasteiger partial charge on any atom is 0.0694 e. The van der Waals surface area contributed by atoms with Crippen molar-refractivity contribution < 1.29 is 9.84 Å². The second kappa shape index (κ2) is 5.10. The molecule has 0 spiro atoms. The first-order chi connectivity index (χ1) is 6.86. The highest BCUT2D eigenvalue weighted by molar-refractivity contribution is 4.80. The van der Waals surface area contributed by atoms with Crippen LogP contribution in [-0.4, -0.2) is 37.0 Å². The summed E-state index contributed by atoms with van der Waals surface area (Å²) in [6.07, 6.45) is 5.81. The first-order valence-electron chi connectivity index (χ1n) is 5.85. The summed E-state index contributed by atoms with van der Waals surface area (Å²) in [6, 6.07) is 0.685. The van der Waals surface area contributed by atoms with Crippen molar-refractivity contribution in [1.82, 2.24) is 5.32 Å². The van der Waals surface area contributed by atoms with E-state index in [-0.39, 0.29) is 6.10 Å². The zero-order valence-electron chi connectivity index (χ0n) is 8.74. The molecule has 0 amide bonds. The molecule has 2 rings (SSSR count). The van der Waals surface area contributed by atoms with Crippen LogP contribution in [0.1, 0.15) is 32.1 Å². The van der Waals surface area contributed by atoms with E-state index in [1.807, 2.05) is 0 Å². The van der Waals surface area contributed by atoms with Gasteiger partial charge in [-0.25, -0.2) is 0 Å². The van der Waals surface area contributed by atoms with E-state index in [2.05, 4.69) is 5.32 Å². The minimum atomic E-state index is -0.167. The summed E-state index contributed by atoms with van der Waals surface area (Å²) in [7, 11) is 0. The monoisotopic (exact) mass is 199 g/mol. The predicted octanol–water partition coefficient (Wildman–Crippen LogP) is 0.916. The van der Waals surface area contributed by atoms with E-state index in [0.29, 0.717) is 12.0 Å². The number of aliphatic hydroxyl groups excluding tert-OH is 1. The van der Waals surface area contributed by atoms with E-state index >= 15 is 0 Å². The molecular weight excluding hydrogens is 178 g/mol. The second-order valence-electron chi connectivity index (χ2n) is 4.55. The first-order valence-corrected chi connectivity index (χ1v) is 5.85. The summed E-state index contributed by atoms with van der Waals surface area (Å²) in [6.45, 7) is 2.42. The first kappa shape index (κ1) is 10.4. The molecule has 1 unspecified atom stereocenters. The van der Waals surface area contributed by atoms with Crippen LogP contribution in [0.4, 0.5) is 0 Å². The Morgan fingerprint density at radius 2 is 1.93 bits per heavy atom. The Labute approximate surface area is 85.8 Å². The van der Waals surface area contributed by atoms with Crippen LogP contribution in [0.15, 0.2) is 0 Å². The van der Waals surface area contributed by atoms with Crippen LogP contribution >= 0.6 is 0 Å². The van der Waals surface area contributed by atoms with Gasteiger partial charge >= 0.3 is 0 Å². The molecule has 2 aliphatic rings. The molecule has 1 heterocycles. The van der Waals surface area contributed by atoms with Gasteiger partial charge in [-0.1, -0.05) is 6.42 Å². The number of rotatable bonds is 4. The van der Waals surface area contributed by atoms with Crippen molar-refractivity contribution in [3.8, 4) is 0 Å². The summed E-state index contributed by atoms with van der Waals surface area (Å²) in [4.78, 5) is 0. The molecule has 14 heavy (non-hydrogen) atoms. The quantitative estimate of drug-likeness (QED) is 0.707. The van der Waals surface area contributed by atoms with Crippen LogP contribution < -0.4 is 5.32 Å². The molecule has 1 aliphatic heterocycles. The highest BCUT2D eigenvalue weighted by Crippen LogP contribution is 2.21. The summed E-state index contributed by atoms with van der Waals surface area (Å²) in [5, 5.41) is 13.3. The fourth-order valence-electron chi connectivity index (χ4n) is 2.17. The van der Waals surface area contributed by atoms with Crippen molar-refractivity contribution in [3.63, 3.8) is 0 Å². The normalized spacial score (nSPS) is 27.2. The summed E-state index contributed by atoms with van der Waals surface area (Å²) >= 11 is 0. The number of hydrogen-bond donors (Lipinski definition) is 2. The van der Waals surface area contributed by atoms with E-state index in [4.69, 9.17) is 4.74 Å². The van der Waals surface area contributed by atoms with Crippen molar-refractivity contribution in [2.24, 2.45) is 5.92 Å². The van der Waals surface area contributed by atoms with Crippen molar-refractivity contribution in [2.45, 2.75) is 44.2 Å². The van der Waals surface area contributed by atoms with Crippen molar-refractivity contribution in [1.29, 1.82) is 0 Å². The molecule has 0 aromatic rings. The van der Waals surface area contributed by atoms with Gasteiger partial charge < -0.3 is 15.2 Å². The van der Waals surface area contributed by atoms with Crippen LogP contribution in [0.25, 0.3) is 0 Å². The lowest BCUT2D eigenvalue weighted by Gasteiger charge is -2.31. The molecule has 1 saturated carbocycles. The molecule has 3 nitrogen and oxygen atoms in total. The maximum absolute atomic E-state index is 9.92. The lowest BCUT2D eigenvalue weighted by atomic mass is 9.91. The molecular formula is C11H21NO2. The third-order valence-corrected chi connectivity index (χ3v) is 3.53. The fourth-order valence-corrected chi connectivity index (χ4v) is 2.17. The molecule has 0 aromatic carbocycles. The number of ether oxygens (including phenoxy) is 1. The smallest absolute Gasteiger partial charge is 0.0694 e. The van der Waals surface area contributed by atoms with E-state index < -0.39 is 0 Å². The van der Waals surface area contributed by atoms with Gasteiger partial charge in [-0.05, 0) is 31.6 Å². The number of nitrogens with one attached hydrogen (secondary N) is 1. The van der Waals surface area contributed by atoms with Gasteiger partial charge in [0.25, 0.3) is 0 Å². The Balaban J connectivity index is 1.62. The fraction of sp³-hybridized carbons (Fsp3) is 1.00. The van der Waals surface area contributed by atoms with Gasteiger partial charge in [-0.15, -0.1) is 0 Å². The summed E-state index contributed by atoms with van der Waals surface area (Å²) in [5.74, 6) is 0.455. The topological polar surface area (TPSA) is 41.5 Å². The highest BCUT2D eigenvalue weighted by Gasteiger charge is 2.24. The van der Waals surface area contributed by atoms with Gasteiger partial charge in [0.1, 0.15) is 0 Å². The number of hydrogen-bond acceptors (Lipinski definition) is 3. The molecule has 3 heteroatoms. The van der Waals surface area contributed by atoms with Gasteiger partial charge in [0.05, 0.1) is 6.10 Å². The van der Waals surface area contributed by atoms with Gasteiger partial charge in [0.2, 0.25) is 0 Å².